The second kappa shape index (κ2) is 7.52. The van der Waals surface area contributed by atoms with Crippen molar-refractivity contribution >= 4 is 45.8 Å². The quantitative estimate of drug-likeness (QED) is 0.212. The van der Waals surface area contributed by atoms with E-state index in [1.54, 1.807) is 19.1 Å². The molecule has 3 aliphatic carbocycles. The number of halogens is 1. The number of rotatable bonds is 2. The molecule has 176 valence electrons. The average molecular weight is 570 g/mol. The van der Waals surface area contributed by atoms with Crippen LogP contribution in [-0.4, -0.2) is 79.7 Å². The van der Waals surface area contributed by atoms with Gasteiger partial charge in [-0.1, -0.05) is 13.0 Å². The first-order chi connectivity index (χ1) is 15.3. The van der Waals surface area contributed by atoms with Gasteiger partial charge in [0, 0.05) is 11.5 Å². The molecule has 33 heavy (non-hydrogen) atoms. The highest BCUT2D eigenvalue weighted by molar-refractivity contribution is 14.1. The Labute approximate surface area is 202 Å². The molecule has 10 nitrogen and oxygen atoms in total. The third kappa shape index (κ3) is 2.85. The van der Waals surface area contributed by atoms with Gasteiger partial charge in [0.2, 0.25) is 5.78 Å². The molecule has 1 aromatic carbocycles. The second-order valence-corrected chi connectivity index (χ2v) is 10.1. The number of fused-ring (bicyclic) bond motifs is 3. The smallest absolute Gasteiger partial charge is 0.255 e. The molecule has 1 fully saturated rings. The molecule has 0 radical (unpaired) electrons. The van der Waals surface area contributed by atoms with Gasteiger partial charge in [-0.3, -0.25) is 19.3 Å². The number of Topliss-reactive ketones (excluding diaryl/α,β-unsaturated/α-hetero) is 2. The first-order valence-corrected chi connectivity index (χ1v) is 11.2. The van der Waals surface area contributed by atoms with E-state index in [0.717, 1.165) is 0 Å². The maximum absolute atomic E-state index is 13.7. The van der Waals surface area contributed by atoms with Crippen molar-refractivity contribution in [1.29, 1.82) is 0 Å². The van der Waals surface area contributed by atoms with Crippen molar-refractivity contribution in [3.63, 3.8) is 0 Å². The average Bonchev–Trinajstić information content (AvgIpc) is 2.72. The Morgan fingerprint density at radius 3 is 2.33 bits per heavy atom. The van der Waals surface area contributed by atoms with E-state index in [1.165, 1.54) is 19.0 Å². The van der Waals surface area contributed by atoms with Gasteiger partial charge in [-0.2, -0.15) is 0 Å². The minimum Gasteiger partial charge on any atom is -0.508 e. The van der Waals surface area contributed by atoms with E-state index < -0.39 is 75.6 Å². The van der Waals surface area contributed by atoms with Gasteiger partial charge < -0.3 is 31.3 Å². The number of aromatic hydroxyl groups is 1. The molecule has 0 heterocycles. The lowest BCUT2D eigenvalue weighted by Gasteiger charge is -2.53. The molecule has 3 aliphatic rings. The minimum absolute atomic E-state index is 0.0158. The number of hydrogen-bond acceptors (Lipinski definition) is 9. The van der Waals surface area contributed by atoms with E-state index in [9.17, 15) is 39.9 Å². The number of primary amides is 1. The molecule has 4 rings (SSSR count). The topological polar surface area (TPSA) is 182 Å². The number of phenolic OH excluding ortho intramolecular Hbond substituents is 1. The minimum atomic E-state index is -2.90. The highest BCUT2D eigenvalue weighted by Crippen LogP contribution is 2.56. The number of hydrogen-bond donors (Lipinski definition) is 6. The summed E-state index contributed by atoms with van der Waals surface area (Å²) in [7, 11) is 2.92. The summed E-state index contributed by atoms with van der Waals surface area (Å²) in [4.78, 5) is 40.1. The Morgan fingerprint density at radius 1 is 1.18 bits per heavy atom. The zero-order valence-electron chi connectivity index (χ0n) is 17.9. The van der Waals surface area contributed by atoms with Crippen molar-refractivity contribution in [2.45, 2.75) is 30.6 Å². The molecule has 0 spiro atoms. The molecule has 0 bridgehead atoms. The third-order valence-electron chi connectivity index (χ3n) is 7.08. The lowest BCUT2D eigenvalue weighted by molar-refractivity contribution is -0.169. The molecule has 0 aromatic heterocycles. The Kier molecular flexibility index (Phi) is 5.39. The Morgan fingerprint density at radius 2 is 1.79 bits per heavy atom. The molecule has 1 aromatic rings. The first-order valence-electron chi connectivity index (χ1n) is 10.1. The van der Waals surface area contributed by atoms with Crippen LogP contribution in [0, 0.1) is 15.4 Å². The Hall–Kier alpha value is -2.48. The predicted molar refractivity (Wildman–Crippen MR) is 123 cm³/mol. The fourth-order valence-corrected chi connectivity index (χ4v) is 6.04. The van der Waals surface area contributed by atoms with Gasteiger partial charge in [0.1, 0.15) is 22.8 Å². The molecular formula is C22H23IN2O8. The molecule has 1 amide bonds. The fraction of sp³-hybridized carbons (Fsp3) is 0.409. The fourth-order valence-electron chi connectivity index (χ4n) is 5.59. The third-order valence-corrected chi connectivity index (χ3v) is 7.95. The van der Waals surface area contributed by atoms with E-state index in [2.05, 4.69) is 0 Å². The van der Waals surface area contributed by atoms with E-state index in [0.29, 0.717) is 9.13 Å². The highest BCUT2D eigenvalue weighted by atomic mass is 127. The zero-order chi connectivity index (χ0) is 24.7. The van der Waals surface area contributed by atoms with Gasteiger partial charge in [-0.05, 0) is 54.2 Å². The first kappa shape index (κ1) is 23.7. The van der Waals surface area contributed by atoms with Crippen LogP contribution in [0.4, 0.5) is 0 Å². The van der Waals surface area contributed by atoms with Gasteiger partial charge in [0.15, 0.2) is 11.4 Å². The van der Waals surface area contributed by atoms with Crippen molar-refractivity contribution in [3.8, 4) is 5.75 Å². The van der Waals surface area contributed by atoms with Crippen LogP contribution in [-0.2, 0) is 14.4 Å². The number of amides is 1. The zero-order valence-corrected chi connectivity index (χ0v) is 20.1. The number of ketones is 2. The molecule has 6 atom stereocenters. The summed E-state index contributed by atoms with van der Waals surface area (Å²) in [5.41, 5.74) is 1.49. The van der Waals surface area contributed by atoms with Crippen LogP contribution in [0.15, 0.2) is 29.0 Å². The Bertz CT molecular complexity index is 1190. The number of likely N-dealkylation sites (N-methyl/N-ethyl adjacent to an activating group) is 1. The van der Waals surface area contributed by atoms with E-state index >= 15 is 0 Å². The number of aliphatic hydroxyl groups is 4. The van der Waals surface area contributed by atoms with Crippen molar-refractivity contribution in [2.75, 3.05) is 14.1 Å². The molecule has 11 heteroatoms. The van der Waals surface area contributed by atoms with E-state index in [-0.39, 0.29) is 11.3 Å². The predicted octanol–water partition coefficient (Wildman–Crippen LogP) is 0.100. The number of carbonyl (C=O) groups excluding carboxylic acids is 3. The van der Waals surface area contributed by atoms with Crippen molar-refractivity contribution in [1.82, 2.24) is 4.90 Å². The standard InChI is InChI=1S/C22H23IN2O8/c1-6-7-4-5-8(23)15(26)10(7)16(27)11-9(6)17(28)13-14(25(2)3)18(29)12(21(24)32)20(31)22(13,33)19(11)30/h4-6,9,13-14,17,26-28,31,33H,1-3H3,(H2,24,32)/t6-,9+,13?,14-,17-,22-/m0/s1. The van der Waals surface area contributed by atoms with Crippen LogP contribution in [0.3, 0.4) is 0 Å². The molecule has 1 saturated carbocycles. The normalized spacial score (nSPS) is 33.7. The maximum Gasteiger partial charge on any atom is 0.255 e. The lowest BCUT2D eigenvalue weighted by Crippen LogP contribution is -2.70. The van der Waals surface area contributed by atoms with Crippen LogP contribution in [0.5, 0.6) is 5.75 Å². The number of carbonyl (C=O) groups is 3. The number of phenols is 1. The largest absolute Gasteiger partial charge is 0.508 e. The number of nitrogens with zero attached hydrogens (tertiary/aromatic N) is 1. The Balaban J connectivity index is 2.07. The van der Waals surface area contributed by atoms with Gasteiger partial charge in [0.05, 0.1) is 27.2 Å². The van der Waals surface area contributed by atoms with Crippen LogP contribution >= 0.6 is 22.6 Å². The molecule has 1 unspecified atom stereocenters. The summed E-state index contributed by atoms with van der Waals surface area (Å²) in [5.74, 6) is -8.85. The number of benzene rings is 1. The second-order valence-electron chi connectivity index (χ2n) is 8.91. The lowest BCUT2D eigenvalue weighted by atomic mass is 9.54. The van der Waals surface area contributed by atoms with Gasteiger partial charge >= 0.3 is 0 Å². The van der Waals surface area contributed by atoms with Crippen LogP contribution in [0.1, 0.15) is 24.0 Å². The van der Waals surface area contributed by atoms with Crippen LogP contribution in [0.25, 0.3) is 5.76 Å². The van der Waals surface area contributed by atoms with Gasteiger partial charge in [0.25, 0.3) is 5.91 Å². The summed E-state index contributed by atoms with van der Waals surface area (Å²) in [5, 5.41) is 55.4. The van der Waals surface area contributed by atoms with Crippen molar-refractivity contribution < 1.29 is 39.9 Å². The van der Waals surface area contributed by atoms with Gasteiger partial charge in [-0.15, -0.1) is 0 Å². The molecule has 0 aliphatic heterocycles. The molecule has 0 saturated heterocycles. The monoisotopic (exact) mass is 570 g/mol. The highest BCUT2D eigenvalue weighted by Gasteiger charge is 2.68. The van der Waals surface area contributed by atoms with Gasteiger partial charge in [-0.25, -0.2) is 0 Å². The molecule has 7 N–H and O–H groups in total. The number of aliphatic hydroxyl groups excluding tert-OH is 3. The van der Waals surface area contributed by atoms with Crippen LogP contribution < -0.4 is 5.73 Å². The van der Waals surface area contributed by atoms with Crippen LogP contribution in [0.2, 0.25) is 0 Å². The SMILES string of the molecule is C[C@H]1c2ccc(I)c(O)c2C(O)=C2C(=O)[C@]3(O)C(O)=C(C(N)=O)C(=O)[C@@H](N(C)C)C3[C@@H](O)[C@@H]21. The molecular weight excluding hydrogens is 547 g/mol. The summed E-state index contributed by atoms with van der Waals surface area (Å²) in [6.07, 6.45) is -1.60. The number of nitrogens with two attached hydrogens (primary N) is 1. The summed E-state index contributed by atoms with van der Waals surface area (Å²) < 4.78 is 0.402. The van der Waals surface area contributed by atoms with E-state index in [4.69, 9.17) is 5.73 Å². The maximum atomic E-state index is 13.7. The summed E-state index contributed by atoms with van der Waals surface area (Å²) >= 11 is 1.85. The summed E-state index contributed by atoms with van der Waals surface area (Å²) in [6.45, 7) is 1.68. The van der Waals surface area contributed by atoms with E-state index in [1.807, 2.05) is 22.6 Å². The summed E-state index contributed by atoms with van der Waals surface area (Å²) in [6, 6.07) is 1.91. The van der Waals surface area contributed by atoms with Crippen molar-refractivity contribution in [2.24, 2.45) is 17.6 Å². The van der Waals surface area contributed by atoms with Crippen molar-refractivity contribution in [3.05, 3.63) is 43.7 Å².